The first-order valence-electron chi connectivity index (χ1n) is 7.18. The van der Waals surface area contributed by atoms with E-state index >= 15 is 0 Å². The third-order valence-corrected chi connectivity index (χ3v) is 4.08. The Morgan fingerprint density at radius 3 is 2.57 bits per heavy atom. The van der Waals surface area contributed by atoms with Crippen molar-refractivity contribution in [1.29, 1.82) is 0 Å². The average Bonchev–Trinajstić information content (AvgIpc) is 3.16. The molecule has 2 aromatic rings. The second kappa shape index (κ2) is 5.83. The van der Waals surface area contributed by atoms with Crippen molar-refractivity contribution < 1.29 is 18.4 Å². The molecular formula is C16H15F2N3O2. The minimum Gasteiger partial charge on any atom is -0.366 e. The maximum atomic E-state index is 13.8. The van der Waals surface area contributed by atoms with E-state index in [-0.39, 0.29) is 35.2 Å². The van der Waals surface area contributed by atoms with Crippen LogP contribution < -0.4 is 5.73 Å². The average molecular weight is 319 g/mol. The van der Waals surface area contributed by atoms with Gasteiger partial charge in [0.25, 0.3) is 5.91 Å². The summed E-state index contributed by atoms with van der Waals surface area (Å²) in [6, 6.07) is 5.12. The highest BCUT2D eigenvalue weighted by atomic mass is 19.1. The Kier molecular flexibility index (Phi) is 3.85. The Balaban J connectivity index is 1.76. The predicted octanol–water partition coefficient (Wildman–Crippen LogP) is 2.02. The van der Waals surface area contributed by atoms with Gasteiger partial charge in [0, 0.05) is 30.8 Å². The van der Waals surface area contributed by atoms with Crippen molar-refractivity contribution in [2.45, 2.75) is 12.3 Å². The molecule has 7 heteroatoms. The Morgan fingerprint density at radius 1 is 1.26 bits per heavy atom. The fourth-order valence-corrected chi connectivity index (χ4v) is 2.91. The molecule has 0 saturated carbocycles. The zero-order chi connectivity index (χ0) is 16.6. The van der Waals surface area contributed by atoms with Crippen LogP contribution in [0.3, 0.4) is 0 Å². The first-order valence-corrected chi connectivity index (χ1v) is 7.18. The van der Waals surface area contributed by atoms with Crippen molar-refractivity contribution >= 4 is 11.8 Å². The first-order chi connectivity index (χ1) is 11.0. The van der Waals surface area contributed by atoms with E-state index in [0.29, 0.717) is 13.0 Å². The summed E-state index contributed by atoms with van der Waals surface area (Å²) in [7, 11) is 0. The van der Waals surface area contributed by atoms with Crippen LogP contribution in [-0.2, 0) is 0 Å². The summed E-state index contributed by atoms with van der Waals surface area (Å²) in [6.45, 7) is 0.615. The zero-order valence-corrected chi connectivity index (χ0v) is 12.2. The van der Waals surface area contributed by atoms with Crippen LogP contribution in [0.1, 0.15) is 38.7 Å². The van der Waals surface area contributed by atoms with Gasteiger partial charge in [0.1, 0.15) is 17.3 Å². The number of carbonyl (C=O) groups is 2. The van der Waals surface area contributed by atoms with Gasteiger partial charge >= 0.3 is 0 Å². The van der Waals surface area contributed by atoms with Gasteiger partial charge in [0.15, 0.2) is 0 Å². The van der Waals surface area contributed by atoms with Gasteiger partial charge in [-0.3, -0.25) is 9.59 Å². The van der Waals surface area contributed by atoms with Crippen molar-refractivity contribution in [2.24, 2.45) is 5.73 Å². The van der Waals surface area contributed by atoms with Crippen LogP contribution in [0.15, 0.2) is 30.5 Å². The lowest BCUT2D eigenvalue weighted by Crippen LogP contribution is -2.29. The molecule has 5 nitrogen and oxygen atoms in total. The first kappa shape index (κ1) is 15.2. The van der Waals surface area contributed by atoms with E-state index in [0.717, 1.165) is 0 Å². The fourth-order valence-electron chi connectivity index (χ4n) is 2.91. The van der Waals surface area contributed by atoms with Crippen LogP contribution in [0.5, 0.6) is 0 Å². The van der Waals surface area contributed by atoms with Gasteiger partial charge < -0.3 is 15.6 Å². The lowest BCUT2D eigenvalue weighted by atomic mass is 9.97. The van der Waals surface area contributed by atoms with Gasteiger partial charge in [-0.2, -0.15) is 0 Å². The molecule has 120 valence electrons. The number of amides is 2. The van der Waals surface area contributed by atoms with E-state index in [1.165, 1.54) is 35.4 Å². The third-order valence-electron chi connectivity index (χ3n) is 4.08. The second-order valence-corrected chi connectivity index (χ2v) is 5.54. The molecule has 3 rings (SSSR count). The van der Waals surface area contributed by atoms with Crippen LogP contribution in [0.4, 0.5) is 8.78 Å². The Hall–Kier alpha value is -2.70. The number of benzene rings is 1. The highest BCUT2D eigenvalue weighted by Crippen LogP contribution is 2.31. The lowest BCUT2D eigenvalue weighted by Gasteiger charge is -2.16. The van der Waals surface area contributed by atoms with Gasteiger partial charge in [-0.1, -0.05) is 6.07 Å². The van der Waals surface area contributed by atoms with Gasteiger partial charge in [-0.15, -0.1) is 0 Å². The predicted molar refractivity (Wildman–Crippen MR) is 78.9 cm³/mol. The van der Waals surface area contributed by atoms with E-state index in [4.69, 9.17) is 5.73 Å². The van der Waals surface area contributed by atoms with Gasteiger partial charge in [0.2, 0.25) is 5.91 Å². The number of aromatic nitrogens is 1. The monoisotopic (exact) mass is 319 g/mol. The van der Waals surface area contributed by atoms with Crippen LogP contribution in [0.25, 0.3) is 0 Å². The molecule has 23 heavy (non-hydrogen) atoms. The topological polar surface area (TPSA) is 79.2 Å². The Morgan fingerprint density at radius 2 is 1.96 bits per heavy atom. The Labute approximate surface area is 131 Å². The Bertz CT molecular complexity index is 752. The number of rotatable bonds is 3. The number of carbonyl (C=O) groups excluding carboxylic acids is 2. The quantitative estimate of drug-likeness (QED) is 0.908. The summed E-state index contributed by atoms with van der Waals surface area (Å²) in [6.07, 6.45) is 1.84. The standard InChI is InChI=1S/C16H15F2N3O2/c17-11-2-1-3-12(18)14(11)9-4-5-21(8-9)16(23)13-6-10(7-20-13)15(19)22/h1-3,6-7,9,20H,4-5,8H2,(H2,19,22). The van der Waals surface area contributed by atoms with Crippen LogP contribution in [0.2, 0.25) is 0 Å². The molecule has 1 unspecified atom stereocenters. The minimum atomic E-state index is -0.631. The van der Waals surface area contributed by atoms with E-state index < -0.39 is 17.5 Å². The van der Waals surface area contributed by atoms with E-state index in [1.54, 1.807) is 0 Å². The summed E-state index contributed by atoms with van der Waals surface area (Å²) in [5, 5.41) is 0. The van der Waals surface area contributed by atoms with E-state index in [2.05, 4.69) is 4.98 Å². The second-order valence-electron chi connectivity index (χ2n) is 5.54. The third kappa shape index (κ3) is 2.81. The largest absolute Gasteiger partial charge is 0.366 e. The van der Waals surface area contributed by atoms with Crippen molar-refractivity contribution in [3.8, 4) is 0 Å². The molecule has 0 radical (unpaired) electrons. The fraction of sp³-hybridized carbons (Fsp3) is 0.250. The summed E-state index contributed by atoms with van der Waals surface area (Å²) >= 11 is 0. The molecule has 1 aromatic carbocycles. The van der Waals surface area contributed by atoms with E-state index in [1.807, 2.05) is 0 Å². The number of nitrogens with zero attached hydrogens (tertiary/aromatic N) is 1. The van der Waals surface area contributed by atoms with E-state index in [9.17, 15) is 18.4 Å². The number of halogens is 2. The summed E-state index contributed by atoms with van der Waals surface area (Å²) in [5.41, 5.74) is 5.61. The summed E-state index contributed by atoms with van der Waals surface area (Å²) in [5.74, 6) is -2.53. The highest BCUT2D eigenvalue weighted by Gasteiger charge is 2.31. The number of primary amides is 1. The number of hydrogen-bond donors (Lipinski definition) is 2. The van der Waals surface area contributed by atoms with Crippen LogP contribution >= 0.6 is 0 Å². The smallest absolute Gasteiger partial charge is 0.270 e. The molecular weight excluding hydrogens is 304 g/mol. The van der Waals surface area contributed by atoms with Crippen molar-refractivity contribution in [3.05, 3.63) is 58.9 Å². The molecule has 1 atom stereocenters. The van der Waals surface area contributed by atoms with Crippen molar-refractivity contribution in [3.63, 3.8) is 0 Å². The minimum absolute atomic E-state index is 0.0205. The number of H-pyrrole nitrogens is 1. The maximum Gasteiger partial charge on any atom is 0.270 e. The number of nitrogens with one attached hydrogen (secondary N) is 1. The van der Waals surface area contributed by atoms with Crippen LogP contribution in [0, 0.1) is 11.6 Å². The molecule has 0 aliphatic carbocycles. The number of aromatic amines is 1. The summed E-state index contributed by atoms with van der Waals surface area (Å²) < 4.78 is 27.7. The number of hydrogen-bond acceptors (Lipinski definition) is 2. The molecule has 2 amide bonds. The molecule has 1 aliphatic heterocycles. The lowest BCUT2D eigenvalue weighted by molar-refractivity contribution is 0.0785. The molecule has 1 aromatic heterocycles. The van der Waals surface area contributed by atoms with Crippen LogP contribution in [-0.4, -0.2) is 34.8 Å². The maximum absolute atomic E-state index is 13.8. The molecule has 0 bridgehead atoms. The van der Waals surface area contributed by atoms with Crippen molar-refractivity contribution in [2.75, 3.05) is 13.1 Å². The van der Waals surface area contributed by atoms with Gasteiger partial charge in [-0.25, -0.2) is 8.78 Å². The molecule has 0 spiro atoms. The number of likely N-dealkylation sites (tertiary alicyclic amines) is 1. The molecule has 1 fully saturated rings. The molecule has 2 heterocycles. The SMILES string of the molecule is NC(=O)c1c[nH]c(C(=O)N2CCC(c3c(F)cccc3F)C2)c1. The molecule has 1 saturated heterocycles. The molecule has 1 aliphatic rings. The number of nitrogens with two attached hydrogens (primary N) is 1. The van der Waals surface area contributed by atoms with Crippen molar-refractivity contribution in [1.82, 2.24) is 9.88 Å². The highest BCUT2D eigenvalue weighted by molar-refractivity contribution is 5.98. The normalized spacial score (nSPS) is 17.5. The zero-order valence-electron chi connectivity index (χ0n) is 12.2. The van der Waals surface area contributed by atoms with Gasteiger partial charge in [-0.05, 0) is 24.6 Å². The van der Waals surface area contributed by atoms with Gasteiger partial charge in [0.05, 0.1) is 5.56 Å². The molecule has 3 N–H and O–H groups in total. The summed E-state index contributed by atoms with van der Waals surface area (Å²) in [4.78, 5) is 27.7.